The average Bonchev–Trinajstić information content (AvgIpc) is 2.34. The van der Waals surface area contributed by atoms with Gasteiger partial charge in [-0.05, 0) is 31.9 Å². The molecule has 1 aliphatic carbocycles. The van der Waals surface area contributed by atoms with Crippen LogP contribution in [0.1, 0.15) is 39.0 Å². The van der Waals surface area contributed by atoms with E-state index in [0.717, 1.165) is 19.3 Å². The molecule has 1 rings (SSSR count). The Kier molecular flexibility index (Phi) is 3.15. The Morgan fingerprint density at radius 2 is 2.42 bits per heavy atom. The van der Waals surface area contributed by atoms with Crippen molar-refractivity contribution in [2.75, 3.05) is 7.05 Å². The van der Waals surface area contributed by atoms with Crippen LogP contribution in [0.5, 0.6) is 0 Å². The number of hydrogen-bond acceptors (Lipinski definition) is 2. The van der Waals surface area contributed by atoms with Gasteiger partial charge in [-0.15, -0.1) is 0 Å². The van der Waals surface area contributed by atoms with Gasteiger partial charge in [0.25, 0.3) is 0 Å². The highest BCUT2D eigenvalue weighted by molar-refractivity contribution is 5.14. The average molecular weight is 168 g/mol. The minimum Gasteiger partial charge on any atom is -0.394 e. The monoisotopic (exact) mass is 168 g/mol. The topological polar surface area (TPSA) is 38.0 Å². The molecule has 0 radical (unpaired) electrons. The van der Waals surface area contributed by atoms with Crippen molar-refractivity contribution in [1.29, 1.82) is 0 Å². The number of nitrogens with two attached hydrogens (primary N) is 1. The highest BCUT2D eigenvalue weighted by Gasteiger charge is 2.30. The predicted molar refractivity (Wildman–Crippen MR) is 52.8 cm³/mol. The number of rotatable bonds is 3. The van der Waals surface area contributed by atoms with E-state index in [1.807, 2.05) is 7.05 Å². The quantitative estimate of drug-likeness (QED) is 0.674. The van der Waals surface area contributed by atoms with Crippen molar-refractivity contribution in [2.45, 2.75) is 44.6 Å². The van der Waals surface area contributed by atoms with Gasteiger partial charge in [-0.1, -0.05) is 18.9 Å². The lowest BCUT2D eigenvalue weighted by molar-refractivity contribution is 0.407. The third-order valence-corrected chi connectivity index (χ3v) is 2.62. The van der Waals surface area contributed by atoms with E-state index < -0.39 is 0 Å². The molecule has 0 aromatic rings. The lowest BCUT2D eigenvalue weighted by Gasteiger charge is -2.21. The Morgan fingerprint density at radius 3 is 3.00 bits per heavy atom. The normalized spacial score (nSPS) is 32.8. The molecule has 2 heteroatoms. The van der Waals surface area contributed by atoms with Crippen LogP contribution in [-0.2, 0) is 0 Å². The van der Waals surface area contributed by atoms with Crippen molar-refractivity contribution >= 4 is 0 Å². The minimum atomic E-state index is 0.109. The summed E-state index contributed by atoms with van der Waals surface area (Å²) in [4.78, 5) is 0. The smallest absolute Gasteiger partial charge is 0.0195 e. The highest BCUT2D eigenvalue weighted by Crippen LogP contribution is 2.34. The Morgan fingerprint density at radius 1 is 1.67 bits per heavy atom. The Balaban J connectivity index is 2.48. The summed E-state index contributed by atoms with van der Waals surface area (Å²) in [6, 6.07) is 0. The van der Waals surface area contributed by atoms with Crippen LogP contribution in [0.4, 0.5) is 0 Å². The molecule has 0 aliphatic heterocycles. The van der Waals surface area contributed by atoms with Crippen LogP contribution in [-0.4, -0.2) is 12.6 Å². The standard InChI is InChI=1S/C10H20N2/c1-3-5-10(11)6-4-9(7-10)8-12-2/h8,12H,3-7,11H2,1-2H3/b9-8-. The molecule has 0 amide bonds. The van der Waals surface area contributed by atoms with E-state index >= 15 is 0 Å². The van der Waals surface area contributed by atoms with Crippen LogP contribution >= 0.6 is 0 Å². The van der Waals surface area contributed by atoms with Crippen molar-refractivity contribution in [1.82, 2.24) is 5.32 Å². The van der Waals surface area contributed by atoms with Gasteiger partial charge in [-0.2, -0.15) is 0 Å². The summed E-state index contributed by atoms with van der Waals surface area (Å²) < 4.78 is 0. The van der Waals surface area contributed by atoms with E-state index in [1.54, 1.807) is 0 Å². The van der Waals surface area contributed by atoms with Crippen LogP contribution in [0.3, 0.4) is 0 Å². The summed E-state index contributed by atoms with van der Waals surface area (Å²) in [5, 5.41) is 3.07. The van der Waals surface area contributed by atoms with Gasteiger partial charge in [0.15, 0.2) is 0 Å². The van der Waals surface area contributed by atoms with Crippen LogP contribution in [0.2, 0.25) is 0 Å². The molecule has 0 heterocycles. The molecule has 1 aliphatic rings. The molecule has 0 bridgehead atoms. The molecular formula is C10H20N2. The van der Waals surface area contributed by atoms with Gasteiger partial charge in [-0.3, -0.25) is 0 Å². The van der Waals surface area contributed by atoms with E-state index in [0.29, 0.717) is 0 Å². The van der Waals surface area contributed by atoms with Gasteiger partial charge in [0.05, 0.1) is 0 Å². The minimum absolute atomic E-state index is 0.109. The summed E-state index contributed by atoms with van der Waals surface area (Å²) in [5.74, 6) is 0. The fraction of sp³-hybridized carbons (Fsp3) is 0.800. The Labute approximate surface area is 75.2 Å². The molecule has 1 unspecified atom stereocenters. The van der Waals surface area contributed by atoms with E-state index in [4.69, 9.17) is 5.73 Å². The molecule has 12 heavy (non-hydrogen) atoms. The van der Waals surface area contributed by atoms with Crippen molar-refractivity contribution in [3.8, 4) is 0 Å². The largest absolute Gasteiger partial charge is 0.394 e. The summed E-state index contributed by atoms with van der Waals surface area (Å²) in [6.07, 6.45) is 7.88. The summed E-state index contributed by atoms with van der Waals surface area (Å²) in [7, 11) is 1.95. The van der Waals surface area contributed by atoms with E-state index in [2.05, 4.69) is 18.4 Å². The van der Waals surface area contributed by atoms with Gasteiger partial charge in [0, 0.05) is 12.6 Å². The van der Waals surface area contributed by atoms with Crippen LogP contribution < -0.4 is 11.1 Å². The summed E-state index contributed by atoms with van der Waals surface area (Å²) in [6.45, 7) is 2.20. The van der Waals surface area contributed by atoms with E-state index in [9.17, 15) is 0 Å². The molecular weight excluding hydrogens is 148 g/mol. The van der Waals surface area contributed by atoms with Crippen LogP contribution in [0, 0.1) is 0 Å². The third-order valence-electron chi connectivity index (χ3n) is 2.62. The van der Waals surface area contributed by atoms with Gasteiger partial charge in [-0.25, -0.2) is 0 Å². The van der Waals surface area contributed by atoms with Crippen molar-refractivity contribution < 1.29 is 0 Å². The summed E-state index contributed by atoms with van der Waals surface area (Å²) >= 11 is 0. The second-order valence-electron chi connectivity index (χ2n) is 3.88. The Hall–Kier alpha value is -0.500. The fourth-order valence-corrected chi connectivity index (χ4v) is 2.08. The zero-order valence-corrected chi connectivity index (χ0v) is 8.19. The zero-order chi connectivity index (χ0) is 9.03. The van der Waals surface area contributed by atoms with E-state index in [-0.39, 0.29) is 5.54 Å². The lowest BCUT2D eigenvalue weighted by Crippen LogP contribution is -2.35. The van der Waals surface area contributed by atoms with Crippen molar-refractivity contribution in [2.24, 2.45) is 5.73 Å². The SMILES string of the molecule is CCCC1(N)CC/C(=C/NC)C1. The van der Waals surface area contributed by atoms with Crippen LogP contribution in [0.15, 0.2) is 11.8 Å². The first-order valence-electron chi connectivity index (χ1n) is 4.84. The maximum absolute atomic E-state index is 6.22. The Bertz CT molecular complexity index is 175. The number of nitrogens with one attached hydrogen (secondary N) is 1. The molecule has 70 valence electrons. The van der Waals surface area contributed by atoms with Gasteiger partial charge < -0.3 is 11.1 Å². The van der Waals surface area contributed by atoms with Crippen LogP contribution in [0.25, 0.3) is 0 Å². The maximum atomic E-state index is 6.22. The second kappa shape index (κ2) is 3.94. The van der Waals surface area contributed by atoms with Gasteiger partial charge in [0.2, 0.25) is 0 Å². The molecule has 0 aromatic heterocycles. The van der Waals surface area contributed by atoms with E-state index in [1.165, 1.54) is 18.4 Å². The fourth-order valence-electron chi connectivity index (χ4n) is 2.08. The molecule has 1 saturated carbocycles. The predicted octanol–water partition coefficient (Wildman–Crippen LogP) is 1.77. The first-order valence-corrected chi connectivity index (χ1v) is 4.84. The molecule has 1 atom stereocenters. The molecule has 1 fully saturated rings. The van der Waals surface area contributed by atoms with Gasteiger partial charge in [0.1, 0.15) is 0 Å². The van der Waals surface area contributed by atoms with Crippen molar-refractivity contribution in [3.05, 3.63) is 11.8 Å². The molecule has 0 saturated heterocycles. The zero-order valence-electron chi connectivity index (χ0n) is 8.19. The lowest BCUT2D eigenvalue weighted by atomic mass is 9.93. The first kappa shape index (κ1) is 9.59. The maximum Gasteiger partial charge on any atom is 0.0195 e. The molecule has 0 aromatic carbocycles. The highest BCUT2D eigenvalue weighted by atomic mass is 14.8. The van der Waals surface area contributed by atoms with Crippen molar-refractivity contribution in [3.63, 3.8) is 0 Å². The molecule has 2 nitrogen and oxygen atoms in total. The summed E-state index contributed by atoms with van der Waals surface area (Å²) in [5.41, 5.74) is 7.81. The third kappa shape index (κ3) is 2.24. The van der Waals surface area contributed by atoms with Gasteiger partial charge >= 0.3 is 0 Å². The molecule has 3 N–H and O–H groups in total. The first-order chi connectivity index (χ1) is 5.70. The molecule has 0 spiro atoms. The second-order valence-corrected chi connectivity index (χ2v) is 3.88. The number of hydrogen-bond donors (Lipinski definition) is 2.